The van der Waals surface area contributed by atoms with Crippen LogP contribution < -0.4 is 5.32 Å². The van der Waals surface area contributed by atoms with Gasteiger partial charge < -0.3 is 10.4 Å². The van der Waals surface area contributed by atoms with Crippen LogP contribution in [0.1, 0.15) is 25.1 Å². The molecule has 0 radical (unpaired) electrons. The van der Waals surface area contributed by atoms with Crippen molar-refractivity contribution in [1.82, 2.24) is 9.97 Å². The van der Waals surface area contributed by atoms with E-state index < -0.39 is 11.5 Å². The van der Waals surface area contributed by atoms with Crippen molar-refractivity contribution in [1.29, 1.82) is 0 Å². The van der Waals surface area contributed by atoms with Gasteiger partial charge in [-0.2, -0.15) is 0 Å². The summed E-state index contributed by atoms with van der Waals surface area (Å²) in [6, 6.07) is 1.69. The molecule has 80 valence electrons. The lowest BCUT2D eigenvalue weighted by molar-refractivity contribution is -0.145. The lowest BCUT2D eigenvalue weighted by Crippen LogP contribution is -2.52. The van der Waals surface area contributed by atoms with Crippen LogP contribution in [0.15, 0.2) is 12.3 Å². The molecule has 15 heavy (non-hydrogen) atoms. The summed E-state index contributed by atoms with van der Waals surface area (Å²) in [4.78, 5) is 19.2. The van der Waals surface area contributed by atoms with Crippen LogP contribution in [0.4, 0.5) is 5.82 Å². The first-order valence-corrected chi connectivity index (χ1v) is 4.94. The minimum atomic E-state index is -0.805. The first-order valence-electron chi connectivity index (χ1n) is 4.94. The van der Waals surface area contributed by atoms with Crippen LogP contribution in [0.2, 0.25) is 0 Å². The Morgan fingerprint density at radius 2 is 2.33 bits per heavy atom. The number of carboxylic acids is 1. The summed E-state index contributed by atoms with van der Waals surface area (Å²) in [5.41, 5.74) is -0.805. The van der Waals surface area contributed by atoms with Crippen molar-refractivity contribution in [3.63, 3.8) is 0 Å². The van der Waals surface area contributed by atoms with Crippen LogP contribution in [0, 0.1) is 6.92 Å². The fourth-order valence-electron chi connectivity index (χ4n) is 1.69. The van der Waals surface area contributed by atoms with Crippen molar-refractivity contribution in [3.05, 3.63) is 18.1 Å². The van der Waals surface area contributed by atoms with Gasteiger partial charge in [0.05, 0.1) is 0 Å². The lowest BCUT2D eigenvalue weighted by Gasteiger charge is -2.38. The zero-order valence-corrected chi connectivity index (χ0v) is 8.53. The highest BCUT2D eigenvalue weighted by atomic mass is 16.4. The average Bonchev–Trinajstić information content (AvgIpc) is 2.11. The van der Waals surface area contributed by atoms with Crippen molar-refractivity contribution < 1.29 is 9.90 Å². The molecule has 1 fully saturated rings. The van der Waals surface area contributed by atoms with Gasteiger partial charge in [0, 0.05) is 6.20 Å². The summed E-state index contributed by atoms with van der Waals surface area (Å²) in [7, 11) is 0. The molecule has 0 unspecified atom stereocenters. The van der Waals surface area contributed by atoms with E-state index in [1.165, 1.54) is 0 Å². The van der Waals surface area contributed by atoms with E-state index in [1.54, 1.807) is 19.2 Å². The van der Waals surface area contributed by atoms with Crippen LogP contribution in [-0.2, 0) is 4.79 Å². The number of anilines is 1. The van der Waals surface area contributed by atoms with Crippen LogP contribution in [0.3, 0.4) is 0 Å². The van der Waals surface area contributed by atoms with Gasteiger partial charge in [-0.25, -0.2) is 14.8 Å². The summed E-state index contributed by atoms with van der Waals surface area (Å²) in [6.07, 6.45) is 3.89. The van der Waals surface area contributed by atoms with E-state index in [0.29, 0.717) is 24.5 Å². The van der Waals surface area contributed by atoms with Gasteiger partial charge in [-0.15, -0.1) is 0 Å². The summed E-state index contributed by atoms with van der Waals surface area (Å²) in [6.45, 7) is 1.78. The molecule has 1 aliphatic carbocycles. The van der Waals surface area contributed by atoms with E-state index in [1.807, 2.05) is 0 Å². The maximum absolute atomic E-state index is 11.1. The standard InChI is InChI=1S/C10H13N3O2/c1-7-11-6-3-8(12-7)13-10(9(14)15)4-2-5-10/h3,6H,2,4-5H2,1H3,(H,14,15)(H,11,12,13). The van der Waals surface area contributed by atoms with Crippen LogP contribution in [0.25, 0.3) is 0 Å². The van der Waals surface area contributed by atoms with E-state index in [4.69, 9.17) is 5.11 Å². The van der Waals surface area contributed by atoms with Gasteiger partial charge in [0.25, 0.3) is 0 Å². The Morgan fingerprint density at radius 1 is 1.60 bits per heavy atom. The zero-order valence-electron chi connectivity index (χ0n) is 8.53. The predicted octanol–water partition coefficient (Wildman–Crippen LogP) is 1.20. The van der Waals surface area contributed by atoms with Crippen molar-refractivity contribution >= 4 is 11.8 Å². The SMILES string of the molecule is Cc1nccc(NC2(C(=O)O)CCC2)n1. The van der Waals surface area contributed by atoms with Gasteiger partial charge in [0.15, 0.2) is 0 Å². The number of nitrogens with one attached hydrogen (secondary N) is 1. The summed E-state index contributed by atoms with van der Waals surface area (Å²) >= 11 is 0. The Kier molecular flexibility index (Phi) is 2.30. The van der Waals surface area contributed by atoms with Crippen LogP contribution >= 0.6 is 0 Å². The Morgan fingerprint density at radius 3 is 2.80 bits per heavy atom. The van der Waals surface area contributed by atoms with Gasteiger partial charge in [0.1, 0.15) is 17.2 Å². The van der Waals surface area contributed by atoms with E-state index in [0.717, 1.165) is 6.42 Å². The predicted molar refractivity (Wildman–Crippen MR) is 54.6 cm³/mol. The van der Waals surface area contributed by atoms with Gasteiger partial charge in [-0.3, -0.25) is 0 Å². The molecule has 1 aromatic rings. The first kappa shape index (κ1) is 9.89. The molecular weight excluding hydrogens is 194 g/mol. The monoisotopic (exact) mass is 207 g/mol. The van der Waals surface area contributed by atoms with E-state index in [2.05, 4.69) is 15.3 Å². The molecule has 5 nitrogen and oxygen atoms in total. The Labute approximate surface area is 87.6 Å². The maximum atomic E-state index is 11.1. The molecule has 0 aromatic carbocycles. The number of aryl methyl sites for hydroxylation is 1. The highest BCUT2D eigenvalue weighted by molar-refractivity contribution is 5.83. The highest BCUT2D eigenvalue weighted by Crippen LogP contribution is 2.34. The van der Waals surface area contributed by atoms with E-state index in [9.17, 15) is 4.79 Å². The van der Waals surface area contributed by atoms with Crippen molar-refractivity contribution in [2.75, 3.05) is 5.32 Å². The number of aromatic nitrogens is 2. The average molecular weight is 207 g/mol. The number of rotatable bonds is 3. The lowest BCUT2D eigenvalue weighted by atomic mass is 9.77. The molecule has 1 saturated carbocycles. The second-order valence-electron chi connectivity index (χ2n) is 3.85. The summed E-state index contributed by atoms with van der Waals surface area (Å²) < 4.78 is 0. The van der Waals surface area contributed by atoms with Gasteiger partial charge >= 0.3 is 5.97 Å². The summed E-state index contributed by atoms with van der Waals surface area (Å²) in [5, 5.41) is 12.1. The molecule has 0 spiro atoms. The third-order valence-electron chi connectivity index (χ3n) is 2.76. The van der Waals surface area contributed by atoms with Crippen molar-refractivity contribution in [2.45, 2.75) is 31.7 Å². The van der Waals surface area contributed by atoms with E-state index in [-0.39, 0.29) is 0 Å². The quantitative estimate of drug-likeness (QED) is 0.779. The molecule has 0 atom stereocenters. The topological polar surface area (TPSA) is 75.1 Å². The molecule has 2 N–H and O–H groups in total. The third-order valence-corrected chi connectivity index (χ3v) is 2.76. The second kappa shape index (κ2) is 3.49. The highest BCUT2D eigenvalue weighted by Gasteiger charge is 2.44. The molecule has 1 aromatic heterocycles. The molecule has 0 saturated heterocycles. The van der Waals surface area contributed by atoms with Gasteiger partial charge in [-0.1, -0.05) is 0 Å². The van der Waals surface area contributed by atoms with Crippen LogP contribution in [-0.4, -0.2) is 26.6 Å². The molecule has 2 rings (SSSR count). The largest absolute Gasteiger partial charge is 0.480 e. The zero-order chi connectivity index (χ0) is 10.9. The molecule has 1 heterocycles. The third kappa shape index (κ3) is 1.77. The summed E-state index contributed by atoms with van der Waals surface area (Å²) in [5.74, 6) is 0.425. The minimum Gasteiger partial charge on any atom is -0.480 e. The number of nitrogens with zero attached hydrogens (tertiary/aromatic N) is 2. The fourth-order valence-corrected chi connectivity index (χ4v) is 1.69. The number of carbonyl (C=O) groups is 1. The fraction of sp³-hybridized carbons (Fsp3) is 0.500. The van der Waals surface area contributed by atoms with Gasteiger partial charge in [-0.05, 0) is 32.3 Å². The Hall–Kier alpha value is -1.65. The number of carboxylic acid groups (broad SMARTS) is 1. The molecular formula is C10H13N3O2. The number of aliphatic carboxylic acids is 1. The van der Waals surface area contributed by atoms with Gasteiger partial charge in [0.2, 0.25) is 0 Å². The Balaban J connectivity index is 2.17. The number of hydrogen-bond acceptors (Lipinski definition) is 4. The first-order chi connectivity index (χ1) is 7.12. The van der Waals surface area contributed by atoms with E-state index >= 15 is 0 Å². The Bertz CT molecular complexity index is 388. The smallest absolute Gasteiger partial charge is 0.329 e. The molecule has 5 heteroatoms. The maximum Gasteiger partial charge on any atom is 0.329 e. The molecule has 0 aliphatic heterocycles. The molecule has 0 bridgehead atoms. The minimum absolute atomic E-state index is 0.588. The van der Waals surface area contributed by atoms with Crippen molar-refractivity contribution in [3.8, 4) is 0 Å². The van der Waals surface area contributed by atoms with Crippen LogP contribution in [0.5, 0.6) is 0 Å². The molecule has 0 amide bonds. The second-order valence-corrected chi connectivity index (χ2v) is 3.85. The normalized spacial score (nSPS) is 17.9. The van der Waals surface area contributed by atoms with Crippen molar-refractivity contribution in [2.24, 2.45) is 0 Å². The molecule has 1 aliphatic rings. The number of hydrogen-bond donors (Lipinski definition) is 2.